The van der Waals surface area contributed by atoms with Crippen molar-refractivity contribution in [1.82, 2.24) is 0 Å². The zero-order valence-corrected chi connectivity index (χ0v) is 8.27. The third-order valence-corrected chi connectivity index (χ3v) is 3.12. The largest absolute Gasteiger partial charge is 0.207 e. The van der Waals surface area contributed by atoms with Gasteiger partial charge in [-0.2, -0.15) is 0 Å². The maximum absolute atomic E-state index is 12.8. The molecule has 1 aromatic rings. The summed E-state index contributed by atoms with van der Waals surface area (Å²) in [7, 11) is 0. The van der Waals surface area contributed by atoms with Crippen LogP contribution in [-0.2, 0) is 12.8 Å². The van der Waals surface area contributed by atoms with Gasteiger partial charge in [-0.3, -0.25) is 0 Å². The first-order valence-electron chi connectivity index (χ1n) is 4.17. The molecule has 0 aliphatic heterocycles. The molecule has 64 valence electrons. The Hall–Kier alpha value is -0.370. The number of alkyl halides is 1. The summed E-state index contributed by atoms with van der Waals surface area (Å²) in [6, 6.07) is 5.11. The molecule has 0 unspecified atom stereocenters. The summed E-state index contributed by atoms with van der Waals surface area (Å²) in [5, 5.41) is 0. The topological polar surface area (TPSA) is 0 Å². The highest BCUT2D eigenvalue weighted by Gasteiger charge is 2.15. The number of aryl methyl sites for hydroxylation is 1. The van der Waals surface area contributed by atoms with Gasteiger partial charge < -0.3 is 0 Å². The number of hydrogen-bond donors (Lipinski definition) is 0. The van der Waals surface area contributed by atoms with E-state index >= 15 is 0 Å². The molecule has 1 aliphatic rings. The van der Waals surface area contributed by atoms with E-state index in [-0.39, 0.29) is 5.82 Å². The quantitative estimate of drug-likeness (QED) is 0.599. The van der Waals surface area contributed by atoms with Gasteiger partial charge in [0.25, 0.3) is 0 Å². The van der Waals surface area contributed by atoms with Gasteiger partial charge >= 0.3 is 0 Å². The molecule has 0 heterocycles. The zero-order chi connectivity index (χ0) is 8.55. The summed E-state index contributed by atoms with van der Waals surface area (Å²) in [5.41, 5.74) is 2.48. The van der Waals surface area contributed by atoms with Gasteiger partial charge in [-0.1, -0.05) is 22.0 Å². The van der Waals surface area contributed by atoms with E-state index in [0.717, 1.165) is 19.3 Å². The van der Waals surface area contributed by atoms with E-state index in [9.17, 15) is 4.39 Å². The Labute approximate surface area is 79.9 Å². The molecule has 0 spiro atoms. The lowest BCUT2D eigenvalue weighted by Gasteiger charge is -2.19. The van der Waals surface area contributed by atoms with Crippen molar-refractivity contribution < 1.29 is 4.39 Å². The Morgan fingerprint density at radius 1 is 1.33 bits per heavy atom. The Morgan fingerprint density at radius 2 is 2.17 bits per heavy atom. The summed E-state index contributed by atoms with van der Waals surface area (Å²) < 4.78 is 12.8. The lowest BCUT2D eigenvalue weighted by atomic mass is 9.92. The molecule has 0 nitrogen and oxygen atoms in total. The molecule has 1 aromatic carbocycles. The first kappa shape index (κ1) is 8.24. The number of hydrogen-bond acceptors (Lipinski definition) is 0. The molecular weight excluding hydrogens is 219 g/mol. The van der Waals surface area contributed by atoms with Crippen LogP contribution >= 0.6 is 15.9 Å². The molecule has 0 aromatic heterocycles. The zero-order valence-electron chi connectivity index (χ0n) is 6.69. The van der Waals surface area contributed by atoms with Crippen LogP contribution in [0.15, 0.2) is 18.2 Å². The van der Waals surface area contributed by atoms with Gasteiger partial charge in [0.15, 0.2) is 0 Å². The molecule has 0 saturated carbocycles. The molecule has 0 amide bonds. The van der Waals surface area contributed by atoms with Crippen LogP contribution < -0.4 is 0 Å². The summed E-state index contributed by atoms with van der Waals surface area (Å²) >= 11 is 3.58. The smallest absolute Gasteiger partial charge is 0.123 e. The van der Waals surface area contributed by atoms with Crippen LogP contribution in [0, 0.1) is 5.82 Å². The van der Waals surface area contributed by atoms with Crippen LogP contribution in [-0.4, -0.2) is 4.83 Å². The van der Waals surface area contributed by atoms with E-state index in [0.29, 0.717) is 4.83 Å². The Bertz CT molecular complexity index is 296. The van der Waals surface area contributed by atoms with Crippen molar-refractivity contribution in [3.05, 3.63) is 35.1 Å². The highest BCUT2D eigenvalue weighted by Crippen LogP contribution is 2.25. The Kier molecular flexibility index (Phi) is 2.18. The maximum atomic E-state index is 12.8. The van der Waals surface area contributed by atoms with E-state index in [1.807, 2.05) is 6.07 Å². The van der Waals surface area contributed by atoms with E-state index < -0.39 is 0 Å². The van der Waals surface area contributed by atoms with Crippen molar-refractivity contribution in [3.63, 3.8) is 0 Å². The molecule has 2 rings (SSSR count). The maximum Gasteiger partial charge on any atom is 0.123 e. The number of rotatable bonds is 0. The van der Waals surface area contributed by atoms with Gasteiger partial charge in [0.05, 0.1) is 0 Å². The van der Waals surface area contributed by atoms with Gasteiger partial charge in [0.2, 0.25) is 0 Å². The Morgan fingerprint density at radius 3 is 3.00 bits per heavy atom. The second kappa shape index (κ2) is 3.17. The summed E-state index contributed by atoms with van der Waals surface area (Å²) in [6.07, 6.45) is 3.16. The minimum Gasteiger partial charge on any atom is -0.207 e. The van der Waals surface area contributed by atoms with Crippen molar-refractivity contribution in [1.29, 1.82) is 0 Å². The first-order valence-corrected chi connectivity index (χ1v) is 5.08. The molecule has 0 radical (unpaired) electrons. The van der Waals surface area contributed by atoms with E-state index in [1.54, 1.807) is 12.1 Å². The van der Waals surface area contributed by atoms with Crippen LogP contribution in [0.3, 0.4) is 0 Å². The number of halogens is 2. The molecule has 1 aliphatic carbocycles. The standard InChI is InChI=1S/C10H10BrF/c11-9-3-1-8-6-10(12)4-2-7(8)5-9/h2,4,6,9H,1,3,5H2/t9-/m1/s1. The van der Waals surface area contributed by atoms with Crippen LogP contribution in [0.2, 0.25) is 0 Å². The lowest BCUT2D eigenvalue weighted by molar-refractivity contribution is 0.617. The second-order valence-corrected chi connectivity index (χ2v) is 4.55. The predicted octanol–water partition coefficient (Wildman–Crippen LogP) is 3.08. The average Bonchev–Trinajstić information content (AvgIpc) is 2.05. The van der Waals surface area contributed by atoms with Gasteiger partial charge in [0, 0.05) is 4.83 Å². The number of benzene rings is 1. The summed E-state index contributed by atoms with van der Waals surface area (Å²) in [5.74, 6) is -0.109. The minimum absolute atomic E-state index is 0.109. The monoisotopic (exact) mass is 228 g/mol. The fourth-order valence-corrected chi connectivity index (χ4v) is 2.26. The van der Waals surface area contributed by atoms with Crippen molar-refractivity contribution in [3.8, 4) is 0 Å². The first-order chi connectivity index (χ1) is 5.75. The molecule has 1 atom stereocenters. The summed E-state index contributed by atoms with van der Waals surface area (Å²) in [6.45, 7) is 0. The second-order valence-electron chi connectivity index (χ2n) is 3.25. The third-order valence-electron chi connectivity index (χ3n) is 2.34. The highest BCUT2D eigenvalue weighted by molar-refractivity contribution is 9.09. The van der Waals surface area contributed by atoms with Crippen molar-refractivity contribution >= 4 is 15.9 Å². The third kappa shape index (κ3) is 1.53. The van der Waals surface area contributed by atoms with Crippen LogP contribution in [0.4, 0.5) is 4.39 Å². The van der Waals surface area contributed by atoms with Crippen molar-refractivity contribution in [2.45, 2.75) is 24.1 Å². The SMILES string of the molecule is Fc1ccc2c(c1)CC[C@@H](Br)C2. The molecule has 0 fully saturated rings. The molecule has 2 heteroatoms. The molecule has 12 heavy (non-hydrogen) atoms. The predicted molar refractivity (Wildman–Crippen MR) is 51.1 cm³/mol. The fourth-order valence-electron chi connectivity index (χ4n) is 1.68. The van der Waals surface area contributed by atoms with Crippen LogP contribution in [0.1, 0.15) is 17.5 Å². The van der Waals surface area contributed by atoms with E-state index in [4.69, 9.17) is 0 Å². The van der Waals surface area contributed by atoms with Gasteiger partial charge in [-0.15, -0.1) is 0 Å². The minimum atomic E-state index is -0.109. The van der Waals surface area contributed by atoms with E-state index in [2.05, 4.69) is 15.9 Å². The van der Waals surface area contributed by atoms with Crippen LogP contribution in [0.5, 0.6) is 0 Å². The fraction of sp³-hybridized carbons (Fsp3) is 0.400. The van der Waals surface area contributed by atoms with Crippen molar-refractivity contribution in [2.75, 3.05) is 0 Å². The van der Waals surface area contributed by atoms with Crippen LogP contribution in [0.25, 0.3) is 0 Å². The van der Waals surface area contributed by atoms with Crippen molar-refractivity contribution in [2.24, 2.45) is 0 Å². The summed E-state index contributed by atoms with van der Waals surface area (Å²) in [4.78, 5) is 0.579. The molecule has 0 N–H and O–H groups in total. The molecular formula is C10H10BrF. The van der Waals surface area contributed by atoms with Gasteiger partial charge in [-0.25, -0.2) is 4.39 Å². The highest BCUT2D eigenvalue weighted by atomic mass is 79.9. The lowest BCUT2D eigenvalue weighted by Crippen LogP contribution is -2.13. The molecule has 0 saturated heterocycles. The molecule has 0 bridgehead atoms. The van der Waals surface area contributed by atoms with E-state index in [1.165, 1.54) is 11.1 Å². The average molecular weight is 229 g/mol. The van der Waals surface area contributed by atoms with Gasteiger partial charge in [-0.05, 0) is 42.5 Å². The van der Waals surface area contributed by atoms with Gasteiger partial charge in [0.1, 0.15) is 5.82 Å². The Balaban J connectivity index is 2.37. The number of fused-ring (bicyclic) bond motifs is 1. The normalized spacial score (nSPS) is 22.0.